The van der Waals surface area contributed by atoms with Gasteiger partial charge in [-0.1, -0.05) is 35.7 Å². The summed E-state index contributed by atoms with van der Waals surface area (Å²) in [6, 6.07) is 31.9. The van der Waals surface area contributed by atoms with Crippen LogP contribution >= 0.6 is 0 Å². The molecule has 0 unspecified atom stereocenters. The van der Waals surface area contributed by atoms with Crippen LogP contribution in [-0.2, 0) is 27.7 Å². The van der Waals surface area contributed by atoms with E-state index in [1.54, 1.807) is 31.6 Å². The Morgan fingerprint density at radius 2 is 1.68 bits per heavy atom. The van der Waals surface area contributed by atoms with Gasteiger partial charge in [-0.3, -0.25) is 0 Å². The number of aliphatic hydroxyl groups is 1. The van der Waals surface area contributed by atoms with Crippen LogP contribution in [0.3, 0.4) is 0 Å². The van der Waals surface area contributed by atoms with Crippen molar-refractivity contribution >= 4 is 21.8 Å². The maximum atomic E-state index is 9.71. The monoisotopic (exact) mass is 666 g/mol. The van der Waals surface area contributed by atoms with Crippen LogP contribution < -0.4 is 9.47 Å². The molecule has 0 saturated heterocycles. The molecule has 37 heavy (non-hydrogen) atoms. The second-order valence-electron chi connectivity index (χ2n) is 8.24. The van der Waals surface area contributed by atoms with Gasteiger partial charge in [-0.25, -0.2) is 21.1 Å². The van der Waals surface area contributed by atoms with Gasteiger partial charge in [0.15, 0.2) is 0 Å². The molecule has 0 amide bonds. The van der Waals surface area contributed by atoms with Gasteiger partial charge in [-0.15, -0.1) is 18.2 Å². The Bertz CT molecular complexity index is 1690. The summed E-state index contributed by atoms with van der Waals surface area (Å²) in [6.07, 6.45) is 3.45. The molecule has 3 aromatic heterocycles. The van der Waals surface area contributed by atoms with Crippen molar-refractivity contribution in [2.45, 2.75) is 6.61 Å². The topological polar surface area (TPSA) is 69.4 Å². The Morgan fingerprint density at radius 1 is 0.838 bits per heavy atom. The van der Waals surface area contributed by atoms with Crippen LogP contribution in [0.25, 0.3) is 38.8 Å². The Morgan fingerprint density at radius 3 is 2.41 bits per heavy atom. The quantitative estimate of drug-likeness (QED) is 0.217. The fourth-order valence-electron chi connectivity index (χ4n) is 4.33. The fourth-order valence-corrected chi connectivity index (χ4v) is 4.33. The SMILES string of the molecule is COc1cc(Oc2ccccn2)[c-]c(-c2[c-]c3c(cc2)c2cc(CO)ccc2n3-c2ccccn2)c1.[Pt+2]. The van der Waals surface area contributed by atoms with Gasteiger partial charge in [0.2, 0.25) is 5.88 Å². The first-order valence-electron chi connectivity index (χ1n) is 11.5. The summed E-state index contributed by atoms with van der Waals surface area (Å²) in [5, 5.41) is 11.8. The number of hydrogen-bond donors (Lipinski definition) is 1. The van der Waals surface area contributed by atoms with Crippen LogP contribution in [0.15, 0.2) is 91.3 Å². The average Bonchev–Trinajstić information content (AvgIpc) is 3.26. The largest absolute Gasteiger partial charge is 2.00 e. The van der Waals surface area contributed by atoms with Crippen molar-refractivity contribution in [3.63, 3.8) is 0 Å². The van der Waals surface area contributed by atoms with E-state index in [0.717, 1.165) is 44.3 Å². The molecule has 3 aromatic carbocycles. The van der Waals surface area contributed by atoms with Gasteiger partial charge in [-0.05, 0) is 40.7 Å². The van der Waals surface area contributed by atoms with Crippen molar-refractivity contribution in [3.05, 3.63) is 109 Å². The smallest absolute Gasteiger partial charge is 0.517 e. The molecular formula is C30H21N3O3Pt. The van der Waals surface area contributed by atoms with E-state index in [0.29, 0.717) is 17.4 Å². The summed E-state index contributed by atoms with van der Waals surface area (Å²) in [5.74, 6) is 2.40. The second kappa shape index (κ2) is 10.6. The van der Waals surface area contributed by atoms with Gasteiger partial charge in [0.1, 0.15) is 5.82 Å². The number of hydrogen-bond acceptors (Lipinski definition) is 5. The molecule has 0 spiro atoms. The first-order valence-corrected chi connectivity index (χ1v) is 11.5. The molecular weight excluding hydrogens is 645 g/mol. The zero-order valence-electron chi connectivity index (χ0n) is 19.8. The van der Waals surface area contributed by atoms with E-state index in [2.05, 4.69) is 32.7 Å². The fraction of sp³-hybridized carbons (Fsp3) is 0.0667. The Hall–Kier alpha value is -3.99. The maximum absolute atomic E-state index is 9.71. The molecule has 184 valence electrons. The summed E-state index contributed by atoms with van der Waals surface area (Å²) < 4.78 is 13.6. The molecule has 0 radical (unpaired) electrons. The van der Waals surface area contributed by atoms with Crippen LogP contribution in [-0.4, -0.2) is 26.8 Å². The third-order valence-electron chi connectivity index (χ3n) is 6.00. The summed E-state index contributed by atoms with van der Waals surface area (Å²) in [6.45, 7) is -0.0220. The van der Waals surface area contributed by atoms with Crippen molar-refractivity contribution in [2.75, 3.05) is 7.11 Å². The number of nitrogens with zero attached hydrogens (tertiary/aromatic N) is 3. The predicted octanol–water partition coefficient (Wildman–Crippen LogP) is 6.13. The number of ether oxygens (including phenoxy) is 2. The minimum absolute atomic E-state index is 0. The van der Waals surface area contributed by atoms with E-state index in [9.17, 15) is 5.11 Å². The molecule has 1 N–H and O–H groups in total. The molecule has 3 heterocycles. The number of aromatic nitrogens is 3. The van der Waals surface area contributed by atoms with Crippen LogP contribution in [0.1, 0.15) is 5.56 Å². The number of aliphatic hydroxyl groups excluding tert-OH is 1. The Kier molecular flexibility index (Phi) is 7.04. The van der Waals surface area contributed by atoms with E-state index in [1.807, 2.05) is 60.7 Å². The van der Waals surface area contributed by atoms with E-state index in [1.165, 1.54) is 0 Å². The molecule has 0 bridgehead atoms. The molecule has 7 heteroatoms. The van der Waals surface area contributed by atoms with Crippen molar-refractivity contribution in [1.82, 2.24) is 14.5 Å². The van der Waals surface area contributed by atoms with Crippen LogP contribution in [0.2, 0.25) is 0 Å². The molecule has 0 atom stereocenters. The van der Waals surface area contributed by atoms with Crippen molar-refractivity contribution in [1.29, 1.82) is 0 Å². The molecule has 0 fully saturated rings. The third kappa shape index (κ3) is 4.74. The van der Waals surface area contributed by atoms with Crippen LogP contribution in [0.5, 0.6) is 17.4 Å². The van der Waals surface area contributed by atoms with Crippen molar-refractivity contribution in [2.24, 2.45) is 0 Å². The molecule has 0 aliphatic heterocycles. The predicted molar refractivity (Wildman–Crippen MR) is 138 cm³/mol. The minimum atomic E-state index is -0.0220. The average molecular weight is 667 g/mol. The number of benzene rings is 3. The first-order chi connectivity index (χ1) is 17.7. The molecule has 6 rings (SSSR count). The summed E-state index contributed by atoms with van der Waals surface area (Å²) in [4.78, 5) is 8.83. The number of rotatable bonds is 6. The number of fused-ring (bicyclic) bond motifs is 3. The van der Waals surface area contributed by atoms with Gasteiger partial charge < -0.3 is 19.1 Å². The Labute approximate surface area is 228 Å². The molecule has 0 aliphatic rings. The normalized spacial score (nSPS) is 10.9. The zero-order valence-corrected chi connectivity index (χ0v) is 22.1. The number of pyridine rings is 2. The third-order valence-corrected chi connectivity index (χ3v) is 6.00. The van der Waals surface area contributed by atoms with Crippen molar-refractivity contribution < 1.29 is 35.6 Å². The summed E-state index contributed by atoms with van der Waals surface area (Å²) in [7, 11) is 1.62. The van der Waals surface area contributed by atoms with E-state index in [-0.39, 0.29) is 27.7 Å². The summed E-state index contributed by atoms with van der Waals surface area (Å²) >= 11 is 0. The van der Waals surface area contributed by atoms with Gasteiger partial charge in [0.25, 0.3) is 0 Å². The minimum Gasteiger partial charge on any atom is -0.517 e. The number of methoxy groups -OCH3 is 1. The van der Waals surface area contributed by atoms with E-state index in [4.69, 9.17) is 9.47 Å². The van der Waals surface area contributed by atoms with Gasteiger partial charge in [0, 0.05) is 35.5 Å². The van der Waals surface area contributed by atoms with E-state index >= 15 is 0 Å². The van der Waals surface area contributed by atoms with Gasteiger partial charge >= 0.3 is 21.1 Å². The van der Waals surface area contributed by atoms with Crippen LogP contribution in [0, 0.1) is 12.1 Å². The standard InChI is InChI=1S/C30H21N3O3.Pt/c1-35-23-15-22(16-24(18-23)36-30-7-3-5-13-32-30)21-9-10-25-26-14-20(19-34)8-11-27(26)33(28(25)17-21)29-6-2-4-12-31-29;/h2-15,18,34H,19H2,1H3;/q-2;+2. The van der Waals surface area contributed by atoms with Crippen molar-refractivity contribution in [3.8, 4) is 34.3 Å². The molecule has 0 saturated carbocycles. The molecule has 6 aromatic rings. The zero-order chi connectivity index (χ0) is 24.5. The van der Waals surface area contributed by atoms with E-state index < -0.39 is 0 Å². The second-order valence-corrected chi connectivity index (χ2v) is 8.24. The van der Waals surface area contributed by atoms with Gasteiger partial charge in [0.05, 0.1) is 13.7 Å². The summed E-state index contributed by atoms with van der Waals surface area (Å²) in [5.41, 5.74) is 4.32. The van der Waals surface area contributed by atoms with Crippen LogP contribution in [0.4, 0.5) is 0 Å². The Balaban J connectivity index is 0.00000280. The molecule has 6 nitrogen and oxygen atoms in total. The van der Waals surface area contributed by atoms with Gasteiger partial charge in [-0.2, -0.15) is 12.1 Å². The maximum Gasteiger partial charge on any atom is 2.00 e. The first kappa shape index (κ1) is 24.7. The molecule has 0 aliphatic carbocycles.